The number of oxime groups is 1. The number of nitrogens with one attached hydrogen (secondary N) is 1. The number of amides is 2. The first-order valence-corrected chi connectivity index (χ1v) is 14.4. The lowest BCUT2D eigenvalue weighted by molar-refractivity contribution is -0.765. The van der Waals surface area contributed by atoms with Gasteiger partial charge < -0.3 is 36.3 Å². The van der Waals surface area contributed by atoms with Gasteiger partial charge in [-0.3, -0.25) is 14.5 Å². The monoisotopic (exact) mass is 729 g/mol. The van der Waals surface area contributed by atoms with Crippen molar-refractivity contribution in [2.45, 2.75) is 63.8 Å². The van der Waals surface area contributed by atoms with Gasteiger partial charge >= 0.3 is 5.97 Å². The summed E-state index contributed by atoms with van der Waals surface area (Å²) in [4.78, 5) is 61.7. The summed E-state index contributed by atoms with van der Waals surface area (Å²) >= 11 is 2.07. The van der Waals surface area contributed by atoms with E-state index in [4.69, 9.17) is 21.0 Å². The average molecular weight is 731 g/mol. The molecule has 250 valence electrons. The number of ether oxygens (including phenoxy) is 1. The van der Waals surface area contributed by atoms with Crippen molar-refractivity contribution in [3.8, 4) is 0 Å². The number of aromatic nitrogens is 4. The second kappa shape index (κ2) is 14.8. The van der Waals surface area contributed by atoms with Crippen LogP contribution < -0.4 is 26.6 Å². The molecule has 2 aromatic heterocycles. The first-order valence-electron chi connectivity index (χ1n) is 12.6. The number of hydrogen-bond donors (Lipinski definition) is 3. The Morgan fingerprint density at radius 1 is 1.20 bits per heavy atom. The van der Waals surface area contributed by atoms with Gasteiger partial charge in [-0.1, -0.05) is 5.16 Å². The summed E-state index contributed by atoms with van der Waals surface area (Å²) in [5.41, 5.74) is 8.90. The Balaban J connectivity index is 0.00000337. The number of carbonyl (C=O) groups excluding carboxylic acids is 4. The van der Waals surface area contributed by atoms with Crippen LogP contribution >= 0.6 is 60.5 Å². The summed E-state index contributed by atoms with van der Waals surface area (Å²) < 4.78 is 12.7. The highest BCUT2D eigenvalue weighted by atomic mass is 35.5. The third-order valence-corrected chi connectivity index (χ3v) is 8.06. The van der Waals surface area contributed by atoms with E-state index in [0.29, 0.717) is 11.4 Å². The van der Waals surface area contributed by atoms with Crippen molar-refractivity contribution in [3.05, 3.63) is 29.4 Å². The van der Waals surface area contributed by atoms with Crippen LogP contribution in [0.1, 0.15) is 40.4 Å². The predicted molar refractivity (Wildman–Crippen MR) is 171 cm³/mol. The Kier molecular flexibility index (Phi) is 13.1. The highest BCUT2D eigenvalue weighted by Gasteiger charge is 2.53. The van der Waals surface area contributed by atoms with Crippen LogP contribution in [0.4, 0.5) is 10.9 Å². The SMILES string of the molecule is Cl.Cl.Cl.Cn1c(N)cc[n+]1CC1=C(C(=O)[O-])N2C(=O)[C@@H](NC(=O)C(=NOC(C)(C)C(=O)OC(C)(C)C)c3nsc(N)n3)[C@H]2SC1. The van der Waals surface area contributed by atoms with E-state index in [1.807, 2.05) is 0 Å². The van der Waals surface area contributed by atoms with E-state index in [1.54, 1.807) is 49.4 Å². The maximum absolute atomic E-state index is 13.4. The zero-order chi connectivity index (χ0) is 31.1. The molecule has 0 bridgehead atoms. The number of rotatable bonds is 9. The molecular weight excluding hydrogens is 697 g/mol. The number of aliphatic carboxylic acids is 1. The molecule has 2 aromatic rings. The van der Waals surface area contributed by atoms with E-state index in [-0.39, 0.29) is 66.2 Å². The molecule has 0 spiro atoms. The zero-order valence-corrected chi connectivity index (χ0v) is 29.0. The van der Waals surface area contributed by atoms with Gasteiger partial charge in [0, 0.05) is 22.9 Å². The standard InChI is InChI=1S/C24H31N9O7S2.3ClH/c1-23(2,3)39-21(38)24(4,5)40-29-13(16-28-22(26)42-30-16)17(34)27-14-18(35)33-15(20(36)37)11(10-41-19(14)33)9-32-8-7-12(25)31(32)6;;;/h7-8,14,19,25H,9-10H2,1-6H3,(H4,26,27,28,30,34,36,37);3*1H/t14-,19-;;;/m1.../s1. The molecule has 1 fully saturated rings. The molecule has 1 saturated heterocycles. The van der Waals surface area contributed by atoms with Crippen LogP contribution in [0.15, 0.2) is 28.7 Å². The number of esters is 1. The van der Waals surface area contributed by atoms with Crippen molar-refractivity contribution in [2.75, 3.05) is 17.2 Å². The minimum absolute atomic E-state index is 0. The summed E-state index contributed by atoms with van der Waals surface area (Å²) in [5, 5.41) is 17.8. The lowest BCUT2D eigenvalue weighted by Gasteiger charge is -2.50. The molecule has 2 aliphatic rings. The largest absolute Gasteiger partial charge is 0.543 e. The Morgan fingerprint density at radius 3 is 2.36 bits per heavy atom. The van der Waals surface area contributed by atoms with Gasteiger partial charge in [-0.05, 0) is 34.6 Å². The summed E-state index contributed by atoms with van der Waals surface area (Å²) in [6.07, 6.45) is 1.69. The Labute approximate surface area is 285 Å². The van der Waals surface area contributed by atoms with Gasteiger partial charge in [0.15, 0.2) is 23.7 Å². The molecular formula is C24H34Cl3N9O7S2. The first kappa shape index (κ1) is 39.7. The van der Waals surface area contributed by atoms with Crippen molar-refractivity contribution < 1.29 is 38.5 Å². The molecule has 0 unspecified atom stereocenters. The third kappa shape index (κ3) is 8.49. The van der Waals surface area contributed by atoms with Crippen LogP contribution in [0, 0.1) is 0 Å². The van der Waals surface area contributed by atoms with Gasteiger partial charge in [0.25, 0.3) is 11.8 Å². The van der Waals surface area contributed by atoms with E-state index in [1.165, 1.54) is 25.6 Å². The molecule has 2 aliphatic heterocycles. The van der Waals surface area contributed by atoms with Crippen molar-refractivity contribution in [3.63, 3.8) is 0 Å². The molecule has 4 rings (SSSR count). The number of halogens is 3. The molecule has 0 radical (unpaired) electrons. The lowest BCUT2D eigenvalue weighted by Crippen LogP contribution is -2.71. The average Bonchev–Trinajstić information content (AvgIpc) is 3.46. The van der Waals surface area contributed by atoms with Gasteiger partial charge in [0.2, 0.25) is 17.1 Å². The summed E-state index contributed by atoms with van der Waals surface area (Å²) in [6.45, 7) is 8.04. The lowest BCUT2D eigenvalue weighted by atomic mass is 10.0. The molecule has 0 aliphatic carbocycles. The maximum Gasteiger partial charge on any atom is 0.353 e. The minimum Gasteiger partial charge on any atom is -0.543 e. The number of nitrogens with two attached hydrogens (primary N) is 2. The Bertz CT molecular complexity index is 1520. The molecule has 0 saturated carbocycles. The second-order valence-electron chi connectivity index (χ2n) is 11.0. The van der Waals surface area contributed by atoms with E-state index >= 15 is 0 Å². The maximum atomic E-state index is 13.4. The smallest absolute Gasteiger partial charge is 0.353 e. The van der Waals surface area contributed by atoms with Gasteiger partial charge in [0.1, 0.15) is 17.0 Å². The molecule has 21 heteroatoms. The molecule has 2 atom stereocenters. The normalized spacial score (nSPS) is 18.0. The van der Waals surface area contributed by atoms with Crippen LogP contribution in [0.3, 0.4) is 0 Å². The number of thioether (sulfide) groups is 1. The van der Waals surface area contributed by atoms with Crippen molar-refractivity contribution in [2.24, 2.45) is 12.2 Å². The van der Waals surface area contributed by atoms with E-state index < -0.39 is 52.1 Å². The summed E-state index contributed by atoms with van der Waals surface area (Å²) in [7, 11) is 1.72. The first-order chi connectivity index (χ1) is 19.5. The van der Waals surface area contributed by atoms with Crippen molar-refractivity contribution >= 4 is 101 Å². The predicted octanol–water partition coefficient (Wildman–Crippen LogP) is -0.461. The molecule has 4 heterocycles. The molecule has 16 nitrogen and oxygen atoms in total. The van der Waals surface area contributed by atoms with Gasteiger partial charge in [-0.25, -0.2) is 4.79 Å². The topological polar surface area (TPSA) is 224 Å². The number of carboxylic acid groups (broad SMARTS) is 1. The van der Waals surface area contributed by atoms with Crippen LogP contribution in [0.5, 0.6) is 0 Å². The number of carbonyl (C=O) groups is 4. The minimum atomic E-state index is -1.60. The van der Waals surface area contributed by atoms with Crippen molar-refractivity contribution in [1.82, 2.24) is 24.3 Å². The summed E-state index contributed by atoms with van der Waals surface area (Å²) in [5.74, 6) is -3.27. The molecule has 5 N–H and O–H groups in total. The van der Waals surface area contributed by atoms with Crippen LogP contribution in [-0.4, -0.2) is 76.8 Å². The number of nitrogens with zero attached hydrogens (tertiary/aromatic N) is 6. The Morgan fingerprint density at radius 2 is 1.84 bits per heavy atom. The van der Waals surface area contributed by atoms with E-state index in [0.717, 1.165) is 16.4 Å². The van der Waals surface area contributed by atoms with Gasteiger partial charge in [-0.2, -0.15) is 9.36 Å². The molecule has 0 aromatic carbocycles. The van der Waals surface area contributed by atoms with E-state index in [2.05, 4.69) is 19.8 Å². The molecule has 45 heavy (non-hydrogen) atoms. The number of fused-ring (bicyclic) bond motifs is 1. The number of β-lactam (4-membered cyclic amide) rings is 1. The van der Waals surface area contributed by atoms with Crippen molar-refractivity contribution in [1.29, 1.82) is 0 Å². The second-order valence-corrected chi connectivity index (χ2v) is 12.9. The fourth-order valence-corrected chi connectivity index (χ4v) is 5.76. The number of carboxylic acids is 1. The highest BCUT2D eigenvalue weighted by Crippen LogP contribution is 2.40. The Hall–Kier alpha value is -3.32. The third-order valence-electron chi connectivity index (χ3n) is 6.18. The fourth-order valence-electron chi connectivity index (χ4n) is 3.99. The van der Waals surface area contributed by atoms with Gasteiger partial charge in [0.05, 0.1) is 24.8 Å². The van der Waals surface area contributed by atoms with Gasteiger partial charge in [-0.15, -0.1) is 58.3 Å². The number of hydrogen-bond acceptors (Lipinski definition) is 14. The van der Waals surface area contributed by atoms with Crippen LogP contribution in [0.2, 0.25) is 0 Å². The number of anilines is 2. The van der Waals surface area contributed by atoms with Crippen LogP contribution in [-0.2, 0) is 42.3 Å². The number of nitrogen functional groups attached to an aromatic ring is 2. The highest BCUT2D eigenvalue weighted by molar-refractivity contribution is 8.00. The van der Waals surface area contributed by atoms with Crippen LogP contribution in [0.25, 0.3) is 0 Å². The van der Waals surface area contributed by atoms with E-state index in [9.17, 15) is 24.3 Å². The zero-order valence-electron chi connectivity index (χ0n) is 25.0. The fraction of sp³-hybridized carbons (Fsp3) is 0.500. The quantitative estimate of drug-likeness (QED) is 0.0980. The summed E-state index contributed by atoms with van der Waals surface area (Å²) in [6, 6.07) is 0.567. The molecule has 2 amide bonds.